The number of urea groups is 1. The zero-order valence-electron chi connectivity index (χ0n) is 12.7. The van der Waals surface area contributed by atoms with E-state index >= 15 is 0 Å². The van der Waals surface area contributed by atoms with Crippen LogP contribution >= 0.6 is 0 Å². The first kappa shape index (κ1) is 14.0. The Morgan fingerprint density at radius 3 is 2.77 bits per heavy atom. The van der Waals surface area contributed by atoms with E-state index in [1.54, 1.807) is 0 Å². The highest BCUT2D eigenvalue weighted by Gasteiger charge is 2.42. The molecule has 2 heterocycles. The van der Waals surface area contributed by atoms with Crippen LogP contribution in [0.25, 0.3) is 0 Å². The first-order chi connectivity index (χ1) is 10.8. The molecule has 1 aliphatic carbocycles. The van der Waals surface area contributed by atoms with Crippen molar-refractivity contribution in [1.82, 2.24) is 10.2 Å². The van der Waals surface area contributed by atoms with Crippen molar-refractivity contribution < 1.29 is 9.53 Å². The molecule has 2 saturated heterocycles. The predicted molar refractivity (Wildman–Crippen MR) is 84.8 cm³/mol. The summed E-state index contributed by atoms with van der Waals surface area (Å²) in [5.41, 5.74) is 0.827. The molecule has 5 nitrogen and oxygen atoms in total. The second-order valence-electron chi connectivity index (χ2n) is 6.71. The molecule has 1 aromatic carbocycles. The standard InChI is InChI=1S/C17H23N3O2/c21-17(18-13-4-2-1-3-5-13)19-14-8-15-11-22-16(12-6-7-12)10-20(15)9-14/h1-5,12,14-16H,6-11H2,(H2,18,19,21)/t14-,15-,16+/m0/s1. The zero-order chi connectivity index (χ0) is 14.9. The molecule has 4 rings (SSSR count). The lowest BCUT2D eigenvalue weighted by Gasteiger charge is -2.35. The van der Waals surface area contributed by atoms with Crippen molar-refractivity contribution in [3.63, 3.8) is 0 Å². The fourth-order valence-corrected chi connectivity index (χ4v) is 3.63. The number of rotatable bonds is 3. The van der Waals surface area contributed by atoms with Gasteiger partial charge < -0.3 is 15.4 Å². The fourth-order valence-electron chi connectivity index (χ4n) is 3.63. The molecule has 0 aromatic heterocycles. The van der Waals surface area contributed by atoms with E-state index in [1.165, 1.54) is 12.8 Å². The van der Waals surface area contributed by atoms with Gasteiger partial charge in [0.05, 0.1) is 12.7 Å². The largest absolute Gasteiger partial charge is 0.375 e. The smallest absolute Gasteiger partial charge is 0.319 e. The van der Waals surface area contributed by atoms with E-state index in [0.29, 0.717) is 12.1 Å². The van der Waals surface area contributed by atoms with Gasteiger partial charge in [0.2, 0.25) is 0 Å². The number of fused-ring (bicyclic) bond motifs is 1. The number of anilines is 1. The van der Waals surface area contributed by atoms with Crippen LogP contribution in [0.4, 0.5) is 10.5 Å². The molecule has 0 bridgehead atoms. The minimum absolute atomic E-state index is 0.115. The number of nitrogens with zero attached hydrogens (tertiary/aromatic N) is 1. The van der Waals surface area contributed by atoms with Crippen LogP contribution in [0, 0.1) is 5.92 Å². The van der Waals surface area contributed by atoms with Gasteiger partial charge in [0.15, 0.2) is 0 Å². The van der Waals surface area contributed by atoms with Crippen LogP contribution in [0.3, 0.4) is 0 Å². The second-order valence-corrected chi connectivity index (χ2v) is 6.71. The van der Waals surface area contributed by atoms with Gasteiger partial charge in [-0.25, -0.2) is 4.79 Å². The lowest BCUT2D eigenvalue weighted by atomic mass is 10.1. The van der Waals surface area contributed by atoms with Crippen molar-refractivity contribution in [3.05, 3.63) is 30.3 Å². The lowest BCUT2D eigenvalue weighted by Crippen LogP contribution is -2.47. The number of para-hydroxylation sites is 1. The predicted octanol–water partition coefficient (Wildman–Crippen LogP) is 2.06. The van der Waals surface area contributed by atoms with Crippen molar-refractivity contribution in [3.8, 4) is 0 Å². The van der Waals surface area contributed by atoms with Gasteiger partial charge in [0.1, 0.15) is 0 Å². The van der Waals surface area contributed by atoms with E-state index in [-0.39, 0.29) is 12.1 Å². The van der Waals surface area contributed by atoms with Crippen LogP contribution in [0.5, 0.6) is 0 Å². The minimum Gasteiger partial charge on any atom is -0.375 e. The summed E-state index contributed by atoms with van der Waals surface area (Å²) in [4.78, 5) is 14.6. The number of carbonyl (C=O) groups is 1. The molecule has 2 N–H and O–H groups in total. The van der Waals surface area contributed by atoms with E-state index in [1.807, 2.05) is 30.3 Å². The molecule has 22 heavy (non-hydrogen) atoms. The van der Waals surface area contributed by atoms with Crippen LogP contribution in [0.15, 0.2) is 30.3 Å². The Hall–Kier alpha value is -1.59. The number of amides is 2. The van der Waals surface area contributed by atoms with Gasteiger partial charge in [-0.05, 0) is 37.3 Å². The molecule has 0 radical (unpaired) electrons. The molecule has 0 unspecified atom stereocenters. The normalized spacial score (nSPS) is 31.5. The Morgan fingerprint density at radius 2 is 2.00 bits per heavy atom. The van der Waals surface area contributed by atoms with Gasteiger partial charge in [-0.15, -0.1) is 0 Å². The molecular formula is C17H23N3O2. The highest BCUT2D eigenvalue weighted by atomic mass is 16.5. The number of hydrogen-bond donors (Lipinski definition) is 2. The first-order valence-corrected chi connectivity index (χ1v) is 8.26. The van der Waals surface area contributed by atoms with Gasteiger partial charge in [-0.1, -0.05) is 18.2 Å². The molecule has 3 aliphatic rings. The Morgan fingerprint density at radius 1 is 1.18 bits per heavy atom. The van der Waals surface area contributed by atoms with Crippen LogP contribution in [-0.4, -0.2) is 48.8 Å². The average molecular weight is 301 g/mol. The van der Waals surface area contributed by atoms with Crippen LogP contribution < -0.4 is 10.6 Å². The van der Waals surface area contributed by atoms with Crippen molar-refractivity contribution >= 4 is 11.7 Å². The maximum atomic E-state index is 12.1. The Balaban J connectivity index is 1.28. The maximum absolute atomic E-state index is 12.1. The zero-order valence-corrected chi connectivity index (χ0v) is 12.7. The Labute approximate surface area is 131 Å². The number of hydrogen-bond acceptors (Lipinski definition) is 3. The molecule has 2 amide bonds. The third-order valence-electron chi connectivity index (χ3n) is 4.96. The van der Waals surface area contributed by atoms with Crippen molar-refractivity contribution in [2.45, 2.75) is 37.5 Å². The number of benzene rings is 1. The van der Waals surface area contributed by atoms with E-state index in [0.717, 1.165) is 37.7 Å². The SMILES string of the molecule is O=C(Nc1ccccc1)N[C@H]1C[C@H]2CO[C@@H](C3CC3)CN2C1. The van der Waals surface area contributed by atoms with E-state index in [2.05, 4.69) is 15.5 Å². The van der Waals surface area contributed by atoms with E-state index < -0.39 is 0 Å². The van der Waals surface area contributed by atoms with Gasteiger partial charge in [-0.3, -0.25) is 4.90 Å². The summed E-state index contributed by atoms with van der Waals surface area (Å²) in [5.74, 6) is 0.786. The summed E-state index contributed by atoms with van der Waals surface area (Å²) in [5, 5.41) is 5.98. The minimum atomic E-state index is -0.115. The fraction of sp³-hybridized carbons (Fsp3) is 0.588. The van der Waals surface area contributed by atoms with E-state index in [4.69, 9.17) is 4.74 Å². The van der Waals surface area contributed by atoms with Crippen LogP contribution in [0.2, 0.25) is 0 Å². The molecule has 0 spiro atoms. The number of ether oxygens (including phenoxy) is 1. The monoisotopic (exact) mass is 301 g/mol. The highest BCUT2D eigenvalue weighted by molar-refractivity contribution is 5.89. The highest BCUT2D eigenvalue weighted by Crippen LogP contribution is 2.37. The second kappa shape index (κ2) is 5.89. The van der Waals surface area contributed by atoms with Gasteiger partial charge in [0, 0.05) is 30.9 Å². The van der Waals surface area contributed by atoms with Crippen molar-refractivity contribution in [1.29, 1.82) is 0 Å². The Bertz CT molecular complexity index is 532. The molecule has 2 aliphatic heterocycles. The molecule has 118 valence electrons. The van der Waals surface area contributed by atoms with Gasteiger partial charge >= 0.3 is 6.03 Å². The number of nitrogens with one attached hydrogen (secondary N) is 2. The topological polar surface area (TPSA) is 53.6 Å². The first-order valence-electron chi connectivity index (χ1n) is 8.26. The summed E-state index contributed by atoms with van der Waals surface area (Å²) < 4.78 is 5.99. The molecule has 5 heteroatoms. The molecule has 1 aromatic rings. The lowest BCUT2D eigenvalue weighted by molar-refractivity contribution is -0.0581. The van der Waals surface area contributed by atoms with E-state index in [9.17, 15) is 4.79 Å². The third-order valence-corrected chi connectivity index (χ3v) is 4.96. The Kier molecular flexibility index (Phi) is 3.76. The number of morpholine rings is 1. The van der Waals surface area contributed by atoms with Gasteiger partial charge in [0.25, 0.3) is 0 Å². The molecular weight excluding hydrogens is 278 g/mol. The molecule has 3 fully saturated rings. The summed E-state index contributed by atoms with van der Waals surface area (Å²) in [6.45, 7) is 2.80. The molecule has 3 atom stereocenters. The maximum Gasteiger partial charge on any atom is 0.319 e. The summed E-state index contributed by atoms with van der Waals surface area (Å²) >= 11 is 0. The van der Waals surface area contributed by atoms with Crippen molar-refractivity contribution in [2.24, 2.45) is 5.92 Å². The molecule has 1 saturated carbocycles. The quantitative estimate of drug-likeness (QED) is 0.898. The summed E-state index contributed by atoms with van der Waals surface area (Å²) in [6.07, 6.45) is 4.06. The van der Waals surface area contributed by atoms with Crippen molar-refractivity contribution in [2.75, 3.05) is 25.0 Å². The average Bonchev–Trinajstić information content (AvgIpc) is 3.28. The van der Waals surface area contributed by atoms with Gasteiger partial charge in [-0.2, -0.15) is 0 Å². The van der Waals surface area contributed by atoms with Crippen LogP contribution in [-0.2, 0) is 4.74 Å². The third kappa shape index (κ3) is 3.10. The summed E-state index contributed by atoms with van der Waals surface area (Å²) in [6, 6.07) is 10.1. The summed E-state index contributed by atoms with van der Waals surface area (Å²) in [7, 11) is 0. The van der Waals surface area contributed by atoms with Crippen LogP contribution in [0.1, 0.15) is 19.3 Å². The number of carbonyl (C=O) groups excluding carboxylic acids is 1.